The minimum Gasteiger partial charge on any atom is -0.391 e. The van der Waals surface area contributed by atoms with Crippen molar-refractivity contribution in [3.8, 4) is 0 Å². The lowest BCUT2D eigenvalue weighted by molar-refractivity contribution is 0.282. The maximum absolute atomic E-state index is 12.6. The number of hydrogen-bond donors (Lipinski definition) is 2. The van der Waals surface area contributed by atoms with Crippen molar-refractivity contribution in [2.24, 2.45) is 11.8 Å². The van der Waals surface area contributed by atoms with Crippen LogP contribution in [0.5, 0.6) is 0 Å². The molecule has 0 aliphatic heterocycles. The Kier molecular flexibility index (Phi) is 3.45. The van der Waals surface area contributed by atoms with Gasteiger partial charge >= 0.3 is 0 Å². The normalized spacial score (nSPS) is 20.2. The number of rotatable bonds is 6. The van der Waals surface area contributed by atoms with Gasteiger partial charge in [-0.05, 0) is 55.4 Å². The molecule has 3 rings (SSSR count). The van der Waals surface area contributed by atoms with Crippen molar-refractivity contribution in [2.45, 2.75) is 50.2 Å². The number of aliphatic hydroxyl groups excluding tert-OH is 1. The quantitative estimate of drug-likeness (QED) is 0.845. The third kappa shape index (κ3) is 2.72. The smallest absolute Gasteiger partial charge is 0.242 e. The summed E-state index contributed by atoms with van der Waals surface area (Å²) in [5.41, 5.74) is 0.729. The average molecular weight is 301 g/mol. The van der Waals surface area contributed by atoms with Gasteiger partial charge in [0.05, 0.1) is 11.5 Å². The Hall–Kier alpha value is -0.430. The lowest BCUT2D eigenvalue weighted by Crippen LogP contribution is -2.38. The zero-order valence-electron chi connectivity index (χ0n) is 10.9. The molecule has 2 aliphatic carbocycles. The van der Waals surface area contributed by atoms with Gasteiger partial charge in [-0.25, -0.2) is 13.1 Å². The molecule has 2 N–H and O–H groups in total. The topological polar surface area (TPSA) is 66.4 Å². The summed E-state index contributed by atoms with van der Waals surface area (Å²) in [5, 5.41) is 11.1. The van der Waals surface area contributed by atoms with Gasteiger partial charge in [0.1, 0.15) is 4.90 Å². The van der Waals surface area contributed by atoms with Crippen LogP contribution in [0.4, 0.5) is 0 Å². The first-order chi connectivity index (χ1) is 9.03. The zero-order chi connectivity index (χ0) is 13.6. The minimum absolute atomic E-state index is 0.107. The summed E-state index contributed by atoms with van der Waals surface area (Å²) in [6.45, 7) is 1.57. The van der Waals surface area contributed by atoms with Crippen molar-refractivity contribution in [3.63, 3.8) is 0 Å². The molecule has 4 nitrogen and oxygen atoms in total. The van der Waals surface area contributed by atoms with Crippen LogP contribution in [0.2, 0.25) is 0 Å². The molecule has 0 unspecified atom stereocenters. The predicted octanol–water partition coefficient (Wildman–Crippen LogP) is 2.02. The zero-order valence-corrected chi connectivity index (χ0v) is 12.6. The Balaban J connectivity index is 1.87. The highest BCUT2D eigenvalue weighted by molar-refractivity contribution is 7.89. The summed E-state index contributed by atoms with van der Waals surface area (Å²) in [4.78, 5) is 0.835. The highest BCUT2D eigenvalue weighted by atomic mass is 32.2. The van der Waals surface area contributed by atoms with E-state index in [2.05, 4.69) is 4.72 Å². The van der Waals surface area contributed by atoms with Crippen molar-refractivity contribution in [1.82, 2.24) is 4.72 Å². The van der Waals surface area contributed by atoms with Crippen molar-refractivity contribution in [2.75, 3.05) is 0 Å². The van der Waals surface area contributed by atoms with Crippen molar-refractivity contribution in [1.29, 1.82) is 0 Å². The maximum atomic E-state index is 12.6. The maximum Gasteiger partial charge on any atom is 0.242 e. The van der Waals surface area contributed by atoms with Gasteiger partial charge in [-0.15, -0.1) is 11.3 Å². The summed E-state index contributed by atoms with van der Waals surface area (Å²) >= 11 is 1.31. The molecule has 2 saturated carbocycles. The fourth-order valence-corrected chi connectivity index (χ4v) is 5.72. The van der Waals surface area contributed by atoms with Gasteiger partial charge in [-0.3, -0.25) is 0 Å². The Morgan fingerprint density at radius 1 is 1.37 bits per heavy atom. The third-order valence-electron chi connectivity index (χ3n) is 3.95. The van der Waals surface area contributed by atoms with E-state index in [1.165, 1.54) is 11.3 Å². The monoisotopic (exact) mass is 301 g/mol. The van der Waals surface area contributed by atoms with Gasteiger partial charge < -0.3 is 5.11 Å². The van der Waals surface area contributed by atoms with E-state index in [1.807, 2.05) is 0 Å². The first kappa shape index (κ1) is 13.5. The lowest BCUT2D eigenvalue weighted by Gasteiger charge is -2.18. The Morgan fingerprint density at radius 3 is 2.42 bits per heavy atom. The molecule has 1 aromatic rings. The first-order valence-electron chi connectivity index (χ1n) is 6.73. The van der Waals surface area contributed by atoms with Crippen LogP contribution in [0.15, 0.2) is 10.3 Å². The fraction of sp³-hybridized carbons (Fsp3) is 0.692. The third-order valence-corrected chi connectivity index (χ3v) is 6.86. The summed E-state index contributed by atoms with van der Waals surface area (Å²) in [7, 11) is -3.50. The molecule has 1 heterocycles. The molecule has 2 fully saturated rings. The molecule has 0 atom stereocenters. The number of aryl methyl sites for hydroxylation is 1. The van der Waals surface area contributed by atoms with Crippen LogP contribution < -0.4 is 4.72 Å². The second-order valence-electron chi connectivity index (χ2n) is 5.65. The summed E-state index contributed by atoms with van der Waals surface area (Å²) in [5.74, 6) is 1.05. The number of hydrogen-bond acceptors (Lipinski definition) is 4. The molecular weight excluding hydrogens is 282 g/mol. The van der Waals surface area contributed by atoms with Gasteiger partial charge in [-0.2, -0.15) is 0 Å². The predicted molar refractivity (Wildman–Crippen MR) is 74.5 cm³/mol. The van der Waals surface area contributed by atoms with Crippen LogP contribution in [0.3, 0.4) is 0 Å². The van der Waals surface area contributed by atoms with Crippen molar-refractivity contribution >= 4 is 21.4 Å². The summed E-state index contributed by atoms with van der Waals surface area (Å²) in [6, 6.07) is 0.107. The van der Waals surface area contributed by atoms with E-state index in [0.717, 1.165) is 31.2 Å². The lowest BCUT2D eigenvalue weighted by atomic mass is 10.1. The number of aliphatic hydroxyl groups is 1. The molecule has 106 valence electrons. The number of nitrogens with one attached hydrogen (secondary N) is 1. The van der Waals surface area contributed by atoms with Gasteiger partial charge in [0, 0.05) is 6.04 Å². The van der Waals surface area contributed by atoms with Gasteiger partial charge in [0.15, 0.2) is 0 Å². The minimum atomic E-state index is -3.50. The van der Waals surface area contributed by atoms with Crippen LogP contribution in [-0.4, -0.2) is 19.6 Å². The SMILES string of the molecule is Cc1csc(CO)c1S(=O)(=O)NC(C1CC1)C1CC1. The van der Waals surface area contributed by atoms with Gasteiger partial charge in [-0.1, -0.05) is 0 Å². The molecule has 6 heteroatoms. The van der Waals surface area contributed by atoms with E-state index in [9.17, 15) is 13.5 Å². The molecule has 1 aromatic heterocycles. The largest absolute Gasteiger partial charge is 0.391 e. The van der Waals surface area contributed by atoms with E-state index in [1.54, 1.807) is 12.3 Å². The first-order valence-corrected chi connectivity index (χ1v) is 9.09. The van der Waals surface area contributed by atoms with Crippen molar-refractivity contribution < 1.29 is 13.5 Å². The van der Waals surface area contributed by atoms with Gasteiger partial charge in [0.2, 0.25) is 10.0 Å². The van der Waals surface area contributed by atoms with E-state index in [4.69, 9.17) is 0 Å². The Morgan fingerprint density at radius 2 is 1.95 bits per heavy atom. The highest BCUT2D eigenvalue weighted by Gasteiger charge is 2.44. The van der Waals surface area contributed by atoms with E-state index >= 15 is 0 Å². The fourth-order valence-electron chi connectivity index (χ4n) is 2.68. The van der Waals surface area contributed by atoms with E-state index < -0.39 is 10.0 Å². The molecule has 0 saturated heterocycles. The molecule has 0 aromatic carbocycles. The van der Waals surface area contributed by atoms with Crippen LogP contribution in [0.25, 0.3) is 0 Å². The van der Waals surface area contributed by atoms with Crippen LogP contribution in [0.1, 0.15) is 36.1 Å². The van der Waals surface area contributed by atoms with E-state index in [0.29, 0.717) is 21.6 Å². The molecule has 0 radical (unpaired) electrons. The van der Waals surface area contributed by atoms with E-state index in [-0.39, 0.29) is 12.6 Å². The molecular formula is C13H19NO3S2. The molecule has 0 bridgehead atoms. The second-order valence-corrected chi connectivity index (χ2v) is 8.27. The molecule has 2 aliphatic rings. The Labute approximate surface area is 117 Å². The molecule has 0 amide bonds. The number of sulfonamides is 1. The van der Waals surface area contributed by atoms with Crippen LogP contribution >= 0.6 is 11.3 Å². The molecule has 0 spiro atoms. The highest BCUT2D eigenvalue weighted by Crippen LogP contribution is 2.45. The van der Waals surface area contributed by atoms with Gasteiger partial charge in [0.25, 0.3) is 0 Å². The standard InChI is InChI=1S/C13H19NO3S2/c1-8-7-18-11(6-15)13(8)19(16,17)14-12(9-2-3-9)10-4-5-10/h7,9-10,12,14-15H,2-6H2,1H3. The second kappa shape index (κ2) is 4.84. The summed E-state index contributed by atoms with van der Waals surface area (Å²) < 4.78 is 28.0. The van der Waals surface area contributed by atoms with Crippen molar-refractivity contribution in [3.05, 3.63) is 15.8 Å². The van der Waals surface area contributed by atoms with Crippen LogP contribution in [0, 0.1) is 18.8 Å². The number of thiophene rings is 1. The molecule has 19 heavy (non-hydrogen) atoms. The average Bonchev–Trinajstić information content (AvgIpc) is 3.24. The Bertz CT molecular complexity index is 559. The summed E-state index contributed by atoms with van der Waals surface area (Å²) in [6.07, 6.45) is 4.55. The van der Waals surface area contributed by atoms with Crippen LogP contribution in [-0.2, 0) is 16.6 Å².